The first-order valence-electron chi connectivity index (χ1n) is 11.4. The van der Waals surface area contributed by atoms with E-state index in [2.05, 4.69) is 0 Å². The maximum absolute atomic E-state index is 13.3. The molecule has 0 unspecified atom stereocenters. The summed E-state index contributed by atoms with van der Waals surface area (Å²) in [5.74, 6) is 0.0390. The third kappa shape index (κ3) is 5.50. The van der Waals surface area contributed by atoms with Gasteiger partial charge in [0.05, 0.1) is 37.6 Å². The van der Waals surface area contributed by atoms with Gasteiger partial charge in [-0.05, 0) is 51.5 Å². The van der Waals surface area contributed by atoms with E-state index in [4.69, 9.17) is 14.2 Å². The molecule has 1 fully saturated rings. The van der Waals surface area contributed by atoms with Crippen LogP contribution in [0.1, 0.15) is 62.2 Å². The molecule has 2 N–H and O–H groups in total. The molecule has 2 atom stereocenters. The fraction of sp³-hybridized carbons (Fsp3) is 0.609. The highest BCUT2D eigenvalue weighted by Gasteiger charge is 2.43. The number of aliphatic hydroxyl groups excluding tert-OH is 1. The first kappa shape index (κ1) is 24.6. The molecule has 2 aliphatic heterocycles. The van der Waals surface area contributed by atoms with E-state index in [0.717, 1.165) is 24.2 Å². The molecule has 0 aliphatic carbocycles. The lowest BCUT2D eigenvalue weighted by atomic mass is 10.0. The number of piperidine rings is 1. The number of hydrogen-bond donors (Lipinski definition) is 2. The lowest BCUT2D eigenvalue weighted by Gasteiger charge is -2.38. The number of carbonyl (C=O) groups excluding carboxylic acids is 2. The van der Waals surface area contributed by atoms with Crippen molar-refractivity contribution < 1.29 is 38.8 Å². The van der Waals surface area contributed by atoms with Gasteiger partial charge in [0.2, 0.25) is 0 Å². The number of hydrogen-bond acceptors (Lipinski definition) is 7. The Labute approximate surface area is 193 Å². The van der Waals surface area contributed by atoms with Crippen LogP contribution in [-0.2, 0) is 9.53 Å². The van der Waals surface area contributed by atoms with Crippen molar-refractivity contribution in [2.24, 2.45) is 0 Å². The monoisotopic (exact) mass is 464 g/mol. The van der Waals surface area contributed by atoms with Gasteiger partial charge in [-0.2, -0.15) is 0 Å². The molecular weight excluding hydrogens is 432 g/mol. The van der Waals surface area contributed by atoms with E-state index in [1.165, 1.54) is 19.2 Å². The van der Waals surface area contributed by atoms with Gasteiger partial charge in [0, 0.05) is 19.0 Å². The molecule has 10 nitrogen and oxygen atoms in total. The largest absolute Gasteiger partial charge is 0.493 e. The predicted molar refractivity (Wildman–Crippen MR) is 119 cm³/mol. The zero-order valence-corrected chi connectivity index (χ0v) is 19.1. The Bertz CT molecular complexity index is 874. The highest BCUT2D eigenvalue weighted by molar-refractivity contribution is 6.05. The van der Waals surface area contributed by atoms with Crippen LogP contribution in [0.15, 0.2) is 12.1 Å². The normalized spacial score (nSPS) is 19.9. The number of methoxy groups -OCH3 is 1. The quantitative estimate of drug-likeness (QED) is 0.422. The second kappa shape index (κ2) is 11.2. The zero-order valence-electron chi connectivity index (χ0n) is 19.1. The number of nitrogens with zero attached hydrogens (tertiary/aromatic N) is 2. The number of anilines is 1. The first-order chi connectivity index (χ1) is 15.9. The van der Waals surface area contributed by atoms with Crippen molar-refractivity contribution in [3.05, 3.63) is 17.7 Å². The maximum atomic E-state index is 13.3. The van der Waals surface area contributed by atoms with Crippen LogP contribution in [0, 0.1) is 0 Å². The van der Waals surface area contributed by atoms with Crippen LogP contribution in [0.4, 0.5) is 10.5 Å². The topological polar surface area (TPSA) is 126 Å². The number of carboxylic acid groups (broad SMARTS) is 1. The maximum Gasteiger partial charge on any atom is 0.414 e. The van der Waals surface area contributed by atoms with Crippen molar-refractivity contribution in [2.45, 2.75) is 64.1 Å². The molecule has 1 aromatic carbocycles. The standard InChI is InChI=1S/C23H32N2O8/c1-3-32-20(26)10-5-4-8-12-33-19-14-17-15(13-18(19)31-2)21(27)24-11-7-6-9-16(24)22(28)25(17)23(29)30/h13-14,16,22,28H,3-12H2,1-2H3,(H,29,30)/t16-,22-/m0/s1. The minimum Gasteiger partial charge on any atom is -0.493 e. The van der Waals surface area contributed by atoms with E-state index < -0.39 is 18.4 Å². The Balaban J connectivity index is 1.78. The number of amides is 2. The van der Waals surface area contributed by atoms with Gasteiger partial charge < -0.3 is 29.3 Å². The molecule has 0 spiro atoms. The van der Waals surface area contributed by atoms with Crippen LogP contribution in [0.5, 0.6) is 11.5 Å². The molecule has 1 saturated heterocycles. The molecule has 33 heavy (non-hydrogen) atoms. The van der Waals surface area contributed by atoms with E-state index in [9.17, 15) is 24.6 Å². The fourth-order valence-corrected chi connectivity index (χ4v) is 4.36. The van der Waals surface area contributed by atoms with Crippen molar-refractivity contribution in [1.29, 1.82) is 0 Å². The van der Waals surface area contributed by atoms with E-state index in [-0.39, 0.29) is 28.9 Å². The number of benzene rings is 1. The second-order valence-corrected chi connectivity index (χ2v) is 8.11. The van der Waals surface area contributed by atoms with Crippen molar-refractivity contribution in [3.63, 3.8) is 0 Å². The fourth-order valence-electron chi connectivity index (χ4n) is 4.36. The van der Waals surface area contributed by atoms with Crippen LogP contribution in [0.25, 0.3) is 0 Å². The summed E-state index contributed by atoms with van der Waals surface area (Å²) in [6.07, 6.45) is 1.85. The number of rotatable bonds is 9. The number of fused-ring (bicyclic) bond motifs is 2. The summed E-state index contributed by atoms with van der Waals surface area (Å²) in [4.78, 5) is 39.1. The molecule has 182 valence electrons. The minimum absolute atomic E-state index is 0.0764. The van der Waals surface area contributed by atoms with Gasteiger partial charge in [-0.3, -0.25) is 9.59 Å². The Hall–Kier alpha value is -3.01. The highest BCUT2D eigenvalue weighted by atomic mass is 16.5. The van der Waals surface area contributed by atoms with Crippen molar-refractivity contribution >= 4 is 23.7 Å². The molecule has 0 saturated carbocycles. The van der Waals surface area contributed by atoms with E-state index in [1.54, 1.807) is 11.8 Å². The third-order valence-corrected chi connectivity index (χ3v) is 5.98. The Morgan fingerprint density at radius 2 is 1.94 bits per heavy atom. The summed E-state index contributed by atoms with van der Waals surface area (Å²) >= 11 is 0. The van der Waals surface area contributed by atoms with Gasteiger partial charge in [0.15, 0.2) is 17.7 Å². The molecule has 10 heteroatoms. The van der Waals surface area contributed by atoms with Crippen molar-refractivity contribution in [2.75, 3.05) is 31.8 Å². The van der Waals surface area contributed by atoms with Gasteiger partial charge >= 0.3 is 12.1 Å². The molecule has 2 aliphatic rings. The van der Waals surface area contributed by atoms with Crippen LogP contribution >= 0.6 is 0 Å². The Kier molecular flexibility index (Phi) is 8.37. The lowest BCUT2D eigenvalue weighted by molar-refractivity contribution is -0.143. The van der Waals surface area contributed by atoms with Gasteiger partial charge in [0.1, 0.15) is 0 Å². The highest BCUT2D eigenvalue weighted by Crippen LogP contribution is 2.40. The number of ether oxygens (including phenoxy) is 3. The van der Waals surface area contributed by atoms with Crippen LogP contribution < -0.4 is 14.4 Å². The van der Waals surface area contributed by atoms with Crippen LogP contribution in [-0.4, -0.2) is 72.2 Å². The lowest BCUT2D eigenvalue weighted by Crippen LogP contribution is -2.54. The zero-order chi connectivity index (χ0) is 24.0. The summed E-state index contributed by atoms with van der Waals surface area (Å²) in [6, 6.07) is 2.32. The Morgan fingerprint density at radius 3 is 2.64 bits per heavy atom. The molecule has 1 aromatic rings. The summed E-state index contributed by atoms with van der Waals surface area (Å²) in [6.45, 7) is 2.91. The molecule has 2 amide bonds. The molecule has 0 aromatic heterocycles. The first-order valence-corrected chi connectivity index (χ1v) is 11.4. The van der Waals surface area contributed by atoms with Crippen molar-refractivity contribution in [3.8, 4) is 11.5 Å². The number of carbonyl (C=O) groups is 3. The summed E-state index contributed by atoms with van der Waals surface area (Å²) in [7, 11) is 1.45. The number of aliphatic hydroxyl groups is 1. The second-order valence-electron chi connectivity index (χ2n) is 8.11. The third-order valence-electron chi connectivity index (χ3n) is 5.98. The number of esters is 1. The molecule has 0 radical (unpaired) electrons. The molecular formula is C23H32N2O8. The molecule has 0 bridgehead atoms. The van der Waals surface area contributed by atoms with Gasteiger partial charge in [0.25, 0.3) is 5.91 Å². The van der Waals surface area contributed by atoms with Gasteiger partial charge in [-0.25, -0.2) is 9.69 Å². The van der Waals surface area contributed by atoms with Crippen molar-refractivity contribution in [1.82, 2.24) is 4.90 Å². The van der Waals surface area contributed by atoms with E-state index in [1.807, 2.05) is 0 Å². The van der Waals surface area contributed by atoms with Gasteiger partial charge in [-0.1, -0.05) is 0 Å². The summed E-state index contributed by atoms with van der Waals surface area (Å²) < 4.78 is 16.2. The smallest absolute Gasteiger partial charge is 0.414 e. The average Bonchev–Trinajstić information content (AvgIpc) is 2.89. The summed E-state index contributed by atoms with van der Waals surface area (Å²) in [5.41, 5.74) is 0.229. The van der Waals surface area contributed by atoms with E-state index in [0.29, 0.717) is 51.2 Å². The molecule has 2 heterocycles. The average molecular weight is 465 g/mol. The molecule has 3 rings (SSSR count). The Morgan fingerprint density at radius 1 is 1.15 bits per heavy atom. The number of unbranched alkanes of at least 4 members (excludes halogenated alkanes) is 2. The van der Waals surface area contributed by atoms with Crippen LogP contribution in [0.3, 0.4) is 0 Å². The predicted octanol–water partition coefficient (Wildman–Crippen LogP) is 3.01. The van der Waals surface area contributed by atoms with Crippen LogP contribution in [0.2, 0.25) is 0 Å². The van der Waals surface area contributed by atoms with Gasteiger partial charge in [-0.15, -0.1) is 0 Å². The van der Waals surface area contributed by atoms with E-state index >= 15 is 0 Å². The summed E-state index contributed by atoms with van der Waals surface area (Å²) in [5, 5.41) is 20.8. The SMILES string of the molecule is CCOC(=O)CCCCCOc1cc2c(cc1OC)C(=O)N1CCCC[C@H]1[C@H](O)N2C(=O)O. The minimum atomic E-state index is -1.38.